The number of carbonyl (C=O) groups is 2. The van der Waals surface area contributed by atoms with Crippen LogP contribution in [0.4, 0.5) is 5.13 Å². The molecule has 0 aromatic carbocycles. The van der Waals surface area contributed by atoms with E-state index in [1.807, 2.05) is 23.8 Å². The minimum atomic E-state index is -0.136. The number of likely N-dealkylation sites (tertiary alicyclic amines) is 1. The van der Waals surface area contributed by atoms with Crippen LogP contribution in [0.25, 0.3) is 0 Å². The Kier molecular flexibility index (Phi) is 3.54. The van der Waals surface area contributed by atoms with Crippen LogP contribution in [-0.4, -0.2) is 34.8 Å². The zero-order chi connectivity index (χ0) is 14.1. The molecule has 1 fully saturated rings. The van der Waals surface area contributed by atoms with Gasteiger partial charge in [0.2, 0.25) is 5.91 Å². The number of nitrogens with one attached hydrogen (secondary N) is 1. The standard InChI is InChI=1S/C13H13N3O2S2/c1-8-7-20-13(14-8)15-11(17)9-5-16(6-9)12(18)10-3-2-4-19-10/h2-4,7,9H,5-6H2,1H3,(H,14,15,17). The maximum absolute atomic E-state index is 12.0. The fourth-order valence-electron chi connectivity index (χ4n) is 1.99. The van der Waals surface area contributed by atoms with Gasteiger partial charge in [0.15, 0.2) is 5.13 Å². The van der Waals surface area contributed by atoms with Gasteiger partial charge in [0.1, 0.15) is 0 Å². The van der Waals surface area contributed by atoms with Crippen LogP contribution < -0.4 is 5.32 Å². The summed E-state index contributed by atoms with van der Waals surface area (Å²) in [5.74, 6) is -0.188. The van der Waals surface area contributed by atoms with Crippen LogP contribution in [0.15, 0.2) is 22.9 Å². The van der Waals surface area contributed by atoms with Crippen molar-refractivity contribution in [3.8, 4) is 0 Å². The van der Waals surface area contributed by atoms with Gasteiger partial charge in [-0.25, -0.2) is 4.98 Å². The third-order valence-corrected chi connectivity index (χ3v) is 4.85. The van der Waals surface area contributed by atoms with Gasteiger partial charge < -0.3 is 10.2 Å². The molecule has 7 heteroatoms. The Balaban J connectivity index is 1.52. The number of aromatic nitrogens is 1. The summed E-state index contributed by atoms with van der Waals surface area (Å²) in [5, 5.41) is 7.18. The first-order valence-corrected chi connectivity index (χ1v) is 7.95. The summed E-state index contributed by atoms with van der Waals surface area (Å²) in [6, 6.07) is 3.66. The van der Waals surface area contributed by atoms with Crippen LogP contribution >= 0.6 is 22.7 Å². The zero-order valence-electron chi connectivity index (χ0n) is 10.8. The summed E-state index contributed by atoms with van der Waals surface area (Å²) in [7, 11) is 0. The highest BCUT2D eigenvalue weighted by Gasteiger charge is 2.36. The molecule has 2 amide bonds. The van der Waals surface area contributed by atoms with Crippen molar-refractivity contribution in [3.05, 3.63) is 33.5 Å². The summed E-state index contributed by atoms with van der Waals surface area (Å²) >= 11 is 2.84. The first-order valence-electron chi connectivity index (χ1n) is 6.19. The Morgan fingerprint density at radius 3 is 2.80 bits per heavy atom. The molecule has 3 rings (SSSR count). The van der Waals surface area contributed by atoms with Crippen molar-refractivity contribution < 1.29 is 9.59 Å². The third kappa shape index (κ3) is 2.59. The average Bonchev–Trinajstić information content (AvgIpc) is 2.98. The lowest BCUT2D eigenvalue weighted by atomic mass is 9.99. The van der Waals surface area contributed by atoms with E-state index in [2.05, 4.69) is 10.3 Å². The number of amides is 2. The SMILES string of the molecule is Cc1csc(NC(=O)C2CN(C(=O)c3cccs3)C2)n1. The summed E-state index contributed by atoms with van der Waals surface area (Å²) in [4.78, 5) is 30.6. The second kappa shape index (κ2) is 5.34. The molecule has 0 unspecified atom stereocenters. The topological polar surface area (TPSA) is 62.3 Å². The first kappa shape index (κ1) is 13.3. The van der Waals surface area contributed by atoms with E-state index < -0.39 is 0 Å². The average molecular weight is 307 g/mol. The summed E-state index contributed by atoms with van der Waals surface area (Å²) < 4.78 is 0. The fraction of sp³-hybridized carbons (Fsp3) is 0.308. The minimum absolute atomic E-state index is 0.00847. The van der Waals surface area contributed by atoms with Gasteiger partial charge in [-0.15, -0.1) is 22.7 Å². The van der Waals surface area contributed by atoms with E-state index in [9.17, 15) is 9.59 Å². The highest BCUT2D eigenvalue weighted by atomic mass is 32.1. The molecule has 3 heterocycles. The van der Waals surface area contributed by atoms with E-state index in [1.54, 1.807) is 11.0 Å². The quantitative estimate of drug-likeness (QED) is 0.946. The van der Waals surface area contributed by atoms with Gasteiger partial charge in [-0.2, -0.15) is 0 Å². The van der Waals surface area contributed by atoms with Crippen LogP contribution in [0.5, 0.6) is 0 Å². The highest BCUT2D eigenvalue weighted by molar-refractivity contribution is 7.14. The molecule has 1 saturated heterocycles. The van der Waals surface area contributed by atoms with Crippen LogP contribution in [0, 0.1) is 12.8 Å². The van der Waals surface area contributed by atoms with Gasteiger partial charge in [-0.05, 0) is 18.4 Å². The normalized spacial score (nSPS) is 14.9. The van der Waals surface area contributed by atoms with E-state index in [-0.39, 0.29) is 17.7 Å². The molecule has 104 valence electrons. The second-order valence-corrected chi connectivity index (χ2v) is 6.47. The lowest BCUT2D eigenvalue weighted by Crippen LogP contribution is -2.54. The molecule has 2 aromatic rings. The lowest BCUT2D eigenvalue weighted by molar-refractivity contribution is -0.123. The molecule has 0 spiro atoms. The van der Waals surface area contributed by atoms with Gasteiger partial charge in [-0.3, -0.25) is 9.59 Å². The van der Waals surface area contributed by atoms with Crippen LogP contribution in [0.1, 0.15) is 15.4 Å². The van der Waals surface area contributed by atoms with Crippen LogP contribution in [0.2, 0.25) is 0 Å². The molecule has 0 radical (unpaired) electrons. The zero-order valence-corrected chi connectivity index (χ0v) is 12.5. The Morgan fingerprint density at radius 2 is 2.20 bits per heavy atom. The molecular formula is C13H13N3O2S2. The number of thiophene rings is 1. The van der Waals surface area contributed by atoms with E-state index in [0.29, 0.717) is 18.2 Å². The van der Waals surface area contributed by atoms with Crippen molar-refractivity contribution in [2.45, 2.75) is 6.92 Å². The number of hydrogen-bond donors (Lipinski definition) is 1. The Labute approximate surface area is 124 Å². The minimum Gasteiger partial charge on any atom is -0.336 e. The number of nitrogens with zero attached hydrogens (tertiary/aromatic N) is 2. The molecule has 0 saturated carbocycles. The van der Waals surface area contributed by atoms with Crippen molar-refractivity contribution >= 4 is 39.6 Å². The van der Waals surface area contributed by atoms with Gasteiger partial charge >= 0.3 is 0 Å². The number of carbonyl (C=O) groups excluding carboxylic acids is 2. The third-order valence-electron chi connectivity index (χ3n) is 3.12. The molecule has 0 atom stereocenters. The van der Waals surface area contributed by atoms with Crippen LogP contribution in [0.3, 0.4) is 0 Å². The van der Waals surface area contributed by atoms with Crippen molar-refractivity contribution in [2.24, 2.45) is 5.92 Å². The molecular weight excluding hydrogens is 294 g/mol. The van der Waals surface area contributed by atoms with Crippen LogP contribution in [-0.2, 0) is 4.79 Å². The predicted octanol–water partition coefficient (Wildman–Crippen LogP) is 2.22. The Bertz CT molecular complexity index is 630. The summed E-state index contributed by atoms with van der Waals surface area (Å²) in [5.41, 5.74) is 0.897. The molecule has 20 heavy (non-hydrogen) atoms. The van der Waals surface area contributed by atoms with Gasteiger partial charge in [0, 0.05) is 18.5 Å². The van der Waals surface area contributed by atoms with Crippen molar-refractivity contribution in [3.63, 3.8) is 0 Å². The monoisotopic (exact) mass is 307 g/mol. The van der Waals surface area contributed by atoms with E-state index in [4.69, 9.17) is 0 Å². The smallest absolute Gasteiger partial charge is 0.263 e. The Morgan fingerprint density at radius 1 is 1.40 bits per heavy atom. The molecule has 0 bridgehead atoms. The van der Waals surface area contributed by atoms with Crippen molar-refractivity contribution in [1.82, 2.24) is 9.88 Å². The molecule has 1 aliphatic heterocycles. The van der Waals surface area contributed by atoms with Gasteiger partial charge in [0.05, 0.1) is 16.5 Å². The largest absolute Gasteiger partial charge is 0.336 e. The lowest BCUT2D eigenvalue weighted by Gasteiger charge is -2.37. The van der Waals surface area contributed by atoms with E-state index in [0.717, 1.165) is 10.6 Å². The maximum Gasteiger partial charge on any atom is 0.263 e. The number of anilines is 1. The van der Waals surface area contributed by atoms with Gasteiger partial charge in [-0.1, -0.05) is 6.07 Å². The molecule has 1 N–H and O–H groups in total. The molecule has 1 aliphatic rings. The summed E-state index contributed by atoms with van der Waals surface area (Å²) in [6.07, 6.45) is 0. The van der Waals surface area contributed by atoms with E-state index >= 15 is 0 Å². The van der Waals surface area contributed by atoms with E-state index in [1.165, 1.54) is 22.7 Å². The maximum atomic E-state index is 12.0. The van der Waals surface area contributed by atoms with Crippen molar-refractivity contribution in [1.29, 1.82) is 0 Å². The number of hydrogen-bond acceptors (Lipinski definition) is 5. The predicted molar refractivity (Wildman–Crippen MR) is 79.2 cm³/mol. The number of rotatable bonds is 3. The highest BCUT2D eigenvalue weighted by Crippen LogP contribution is 2.23. The fourth-order valence-corrected chi connectivity index (χ4v) is 3.37. The van der Waals surface area contributed by atoms with Gasteiger partial charge in [0.25, 0.3) is 5.91 Å². The van der Waals surface area contributed by atoms with Crippen molar-refractivity contribution in [2.75, 3.05) is 18.4 Å². The molecule has 0 aliphatic carbocycles. The Hall–Kier alpha value is -1.73. The number of aryl methyl sites for hydroxylation is 1. The summed E-state index contributed by atoms with van der Waals surface area (Å²) in [6.45, 7) is 2.84. The molecule has 5 nitrogen and oxygen atoms in total. The first-order chi connectivity index (χ1) is 9.63. The molecule has 2 aromatic heterocycles. The second-order valence-electron chi connectivity index (χ2n) is 4.67. The number of thiazole rings is 1.